The standard InChI is InChI=1S/C26H31N5O2/c1-26(2,3)22-16-24(31(30-22)19-13-11-17(12-14-19)15-23(27)32)29-25(33)28-21-10-6-8-18-7-4-5-9-20(18)21/h4-5,7,9,11-14,16,21H,6,8,10,15H2,1-3H3,(H2,27,32)(H2,28,29,33)/t21-/m0/s1. The van der Waals surface area contributed by atoms with Crippen LogP contribution in [0.1, 0.15) is 62.0 Å². The SMILES string of the molecule is CC(C)(C)c1cc(NC(=O)N[C@H]2CCCc3ccccc32)n(-c2ccc(CC(N)=O)cc2)n1. The lowest BCUT2D eigenvalue weighted by Gasteiger charge is -2.26. The summed E-state index contributed by atoms with van der Waals surface area (Å²) in [5.41, 5.74) is 10.1. The van der Waals surface area contributed by atoms with E-state index >= 15 is 0 Å². The van der Waals surface area contributed by atoms with E-state index in [1.807, 2.05) is 42.5 Å². The summed E-state index contributed by atoms with van der Waals surface area (Å²) in [7, 11) is 0. The Hall–Kier alpha value is -3.61. The van der Waals surface area contributed by atoms with Crippen LogP contribution in [0, 0.1) is 0 Å². The van der Waals surface area contributed by atoms with E-state index in [4.69, 9.17) is 10.8 Å². The summed E-state index contributed by atoms with van der Waals surface area (Å²) in [6.45, 7) is 6.25. The largest absolute Gasteiger partial charge is 0.369 e. The van der Waals surface area contributed by atoms with Gasteiger partial charge in [0.25, 0.3) is 0 Å². The predicted octanol–water partition coefficient (Wildman–Crippen LogP) is 4.40. The zero-order valence-electron chi connectivity index (χ0n) is 19.4. The average Bonchev–Trinajstić information content (AvgIpc) is 3.18. The summed E-state index contributed by atoms with van der Waals surface area (Å²) in [5, 5.41) is 10.9. The quantitative estimate of drug-likeness (QED) is 0.542. The zero-order valence-corrected chi connectivity index (χ0v) is 19.4. The molecule has 172 valence electrons. The van der Waals surface area contributed by atoms with Crippen LogP contribution in [0.3, 0.4) is 0 Å². The van der Waals surface area contributed by atoms with E-state index in [1.54, 1.807) is 4.68 Å². The highest BCUT2D eigenvalue weighted by Crippen LogP contribution is 2.30. The Morgan fingerprint density at radius 1 is 1.12 bits per heavy atom. The van der Waals surface area contributed by atoms with Crippen LogP contribution >= 0.6 is 0 Å². The van der Waals surface area contributed by atoms with Gasteiger partial charge >= 0.3 is 6.03 Å². The first-order chi connectivity index (χ1) is 15.7. The minimum atomic E-state index is -0.375. The first-order valence-corrected chi connectivity index (χ1v) is 11.3. The Kier molecular flexibility index (Phi) is 6.22. The highest BCUT2D eigenvalue weighted by Gasteiger charge is 2.24. The Morgan fingerprint density at radius 2 is 1.85 bits per heavy atom. The van der Waals surface area contributed by atoms with Crippen molar-refractivity contribution < 1.29 is 9.59 Å². The summed E-state index contributed by atoms with van der Waals surface area (Å²) in [6, 6.07) is 17.4. The number of hydrogen-bond acceptors (Lipinski definition) is 3. The average molecular weight is 446 g/mol. The van der Waals surface area contributed by atoms with Gasteiger partial charge in [-0.2, -0.15) is 5.10 Å². The second-order valence-corrected chi connectivity index (χ2v) is 9.63. The van der Waals surface area contributed by atoms with Crippen LogP contribution in [0.4, 0.5) is 10.6 Å². The van der Waals surface area contributed by atoms with E-state index in [-0.39, 0.29) is 29.8 Å². The number of hydrogen-bond donors (Lipinski definition) is 3. The first kappa shape index (κ1) is 22.6. The number of urea groups is 1. The van der Waals surface area contributed by atoms with Crippen LogP contribution in [0.2, 0.25) is 0 Å². The smallest absolute Gasteiger partial charge is 0.320 e. The lowest BCUT2D eigenvalue weighted by molar-refractivity contribution is -0.117. The molecule has 0 saturated carbocycles. The number of aromatic nitrogens is 2. The third kappa shape index (κ3) is 5.25. The number of anilines is 1. The Labute approximate surface area is 194 Å². The van der Waals surface area contributed by atoms with E-state index in [9.17, 15) is 9.59 Å². The highest BCUT2D eigenvalue weighted by atomic mass is 16.2. The third-order valence-electron chi connectivity index (χ3n) is 5.95. The number of aryl methyl sites for hydroxylation is 1. The summed E-state index contributed by atoms with van der Waals surface area (Å²) >= 11 is 0. The fourth-order valence-corrected chi connectivity index (χ4v) is 4.20. The number of nitrogens with one attached hydrogen (secondary N) is 2. The Morgan fingerprint density at radius 3 is 2.55 bits per heavy atom. The molecule has 0 radical (unpaired) electrons. The van der Waals surface area contributed by atoms with E-state index < -0.39 is 0 Å². The molecule has 2 aromatic carbocycles. The molecule has 3 amide bonds. The molecule has 0 spiro atoms. The molecule has 7 nitrogen and oxygen atoms in total. The van der Waals surface area contributed by atoms with Crippen molar-refractivity contribution >= 4 is 17.8 Å². The van der Waals surface area contributed by atoms with Gasteiger partial charge in [0.05, 0.1) is 23.8 Å². The molecular weight excluding hydrogens is 414 g/mol. The number of rotatable bonds is 5. The molecule has 0 unspecified atom stereocenters. The van der Waals surface area contributed by atoms with Gasteiger partial charge in [-0.3, -0.25) is 10.1 Å². The van der Waals surface area contributed by atoms with Crippen molar-refractivity contribution in [1.29, 1.82) is 0 Å². The van der Waals surface area contributed by atoms with Gasteiger partial charge in [0, 0.05) is 11.5 Å². The number of benzene rings is 2. The van der Waals surface area contributed by atoms with Gasteiger partial charge in [-0.05, 0) is 48.1 Å². The van der Waals surface area contributed by atoms with Crippen molar-refractivity contribution in [3.63, 3.8) is 0 Å². The number of primary amides is 1. The monoisotopic (exact) mass is 445 g/mol. The molecule has 4 rings (SSSR count). The molecule has 1 aliphatic rings. The molecule has 0 fully saturated rings. The van der Waals surface area contributed by atoms with Crippen LogP contribution < -0.4 is 16.4 Å². The molecule has 1 atom stereocenters. The lowest BCUT2D eigenvalue weighted by atomic mass is 9.88. The molecule has 1 heterocycles. The molecule has 1 aliphatic carbocycles. The lowest BCUT2D eigenvalue weighted by Crippen LogP contribution is -2.34. The van der Waals surface area contributed by atoms with Crippen molar-refractivity contribution in [2.24, 2.45) is 5.73 Å². The minimum absolute atomic E-state index is 0.0125. The van der Waals surface area contributed by atoms with E-state index in [1.165, 1.54) is 11.1 Å². The summed E-state index contributed by atoms with van der Waals surface area (Å²) in [5.74, 6) is 0.212. The van der Waals surface area contributed by atoms with Crippen molar-refractivity contribution in [1.82, 2.24) is 15.1 Å². The Bertz CT molecular complexity index is 1160. The van der Waals surface area contributed by atoms with Gasteiger partial charge < -0.3 is 11.1 Å². The molecule has 4 N–H and O–H groups in total. The van der Waals surface area contributed by atoms with Gasteiger partial charge in [0.1, 0.15) is 5.82 Å². The van der Waals surface area contributed by atoms with E-state index in [0.29, 0.717) is 5.82 Å². The van der Waals surface area contributed by atoms with E-state index in [2.05, 4.69) is 43.5 Å². The van der Waals surface area contributed by atoms with Crippen LogP contribution in [0.5, 0.6) is 0 Å². The normalized spacial score (nSPS) is 15.5. The molecule has 0 bridgehead atoms. The fraction of sp³-hybridized carbons (Fsp3) is 0.346. The molecule has 1 aromatic heterocycles. The van der Waals surface area contributed by atoms with Crippen LogP contribution in [-0.4, -0.2) is 21.7 Å². The number of carbonyl (C=O) groups is 2. The first-order valence-electron chi connectivity index (χ1n) is 11.3. The van der Waals surface area contributed by atoms with Gasteiger partial charge in [-0.25, -0.2) is 9.48 Å². The van der Waals surface area contributed by atoms with Crippen LogP contribution in [-0.2, 0) is 23.1 Å². The van der Waals surface area contributed by atoms with Crippen molar-refractivity contribution in [3.8, 4) is 5.69 Å². The number of fused-ring (bicyclic) bond motifs is 1. The summed E-state index contributed by atoms with van der Waals surface area (Å²) < 4.78 is 1.73. The maximum Gasteiger partial charge on any atom is 0.320 e. The predicted molar refractivity (Wildman–Crippen MR) is 129 cm³/mol. The second kappa shape index (κ2) is 9.10. The van der Waals surface area contributed by atoms with Crippen molar-refractivity contribution in [2.45, 2.75) is 57.9 Å². The van der Waals surface area contributed by atoms with Crippen molar-refractivity contribution in [2.75, 3.05) is 5.32 Å². The minimum Gasteiger partial charge on any atom is -0.369 e. The van der Waals surface area contributed by atoms with Crippen LogP contribution in [0.15, 0.2) is 54.6 Å². The molecule has 0 aliphatic heterocycles. The number of nitrogens with two attached hydrogens (primary N) is 1. The number of nitrogens with zero attached hydrogens (tertiary/aromatic N) is 2. The summed E-state index contributed by atoms with van der Waals surface area (Å²) in [6.07, 6.45) is 3.19. The van der Waals surface area contributed by atoms with E-state index in [0.717, 1.165) is 36.2 Å². The number of amides is 3. The second-order valence-electron chi connectivity index (χ2n) is 9.63. The number of carbonyl (C=O) groups excluding carboxylic acids is 2. The third-order valence-corrected chi connectivity index (χ3v) is 5.95. The summed E-state index contributed by atoms with van der Waals surface area (Å²) in [4.78, 5) is 24.2. The maximum absolute atomic E-state index is 13.0. The topological polar surface area (TPSA) is 102 Å². The molecule has 0 saturated heterocycles. The van der Waals surface area contributed by atoms with Gasteiger partial charge in [0.2, 0.25) is 5.91 Å². The fourth-order valence-electron chi connectivity index (χ4n) is 4.20. The highest BCUT2D eigenvalue weighted by molar-refractivity contribution is 5.89. The molecular formula is C26H31N5O2. The van der Waals surface area contributed by atoms with Crippen LogP contribution in [0.25, 0.3) is 5.69 Å². The molecule has 33 heavy (non-hydrogen) atoms. The van der Waals surface area contributed by atoms with Gasteiger partial charge in [-0.1, -0.05) is 57.2 Å². The zero-order chi connectivity index (χ0) is 23.6. The molecule has 3 aromatic rings. The Balaban J connectivity index is 1.57. The van der Waals surface area contributed by atoms with Gasteiger partial charge in [0.15, 0.2) is 0 Å². The molecule has 7 heteroatoms. The maximum atomic E-state index is 13.0. The van der Waals surface area contributed by atoms with Crippen molar-refractivity contribution in [3.05, 3.63) is 77.0 Å². The van der Waals surface area contributed by atoms with Gasteiger partial charge in [-0.15, -0.1) is 0 Å².